The molecule has 30 heavy (non-hydrogen) atoms. The highest BCUT2D eigenvalue weighted by Gasteiger charge is 2.27. The number of carbonyl (C=O) groups is 2. The van der Waals surface area contributed by atoms with Crippen LogP contribution in [0.15, 0.2) is 36.5 Å². The van der Waals surface area contributed by atoms with Gasteiger partial charge in [-0.3, -0.25) is 19.4 Å². The smallest absolute Gasteiger partial charge is 0.223 e. The minimum absolute atomic E-state index is 0.0831. The van der Waals surface area contributed by atoms with Crippen LogP contribution in [-0.2, 0) is 16.1 Å². The third kappa shape index (κ3) is 5.86. The average Bonchev–Trinajstić information content (AvgIpc) is 2.68. The van der Waals surface area contributed by atoms with Crippen LogP contribution >= 0.6 is 0 Å². The zero-order chi connectivity index (χ0) is 21.7. The second kappa shape index (κ2) is 9.34. The minimum Gasteiger partial charge on any atom is -0.351 e. The maximum atomic E-state index is 12.4. The van der Waals surface area contributed by atoms with Gasteiger partial charge >= 0.3 is 0 Å². The molecule has 0 atom stereocenters. The van der Waals surface area contributed by atoms with Gasteiger partial charge in [0.05, 0.1) is 17.6 Å². The van der Waals surface area contributed by atoms with E-state index in [9.17, 15) is 9.59 Å². The summed E-state index contributed by atoms with van der Waals surface area (Å²) in [6.07, 6.45) is 4.12. The van der Waals surface area contributed by atoms with E-state index in [-0.39, 0.29) is 17.4 Å². The summed E-state index contributed by atoms with van der Waals surface area (Å²) < 4.78 is 0. The third-order valence-corrected chi connectivity index (χ3v) is 5.20. The molecule has 0 unspecified atom stereocenters. The fourth-order valence-electron chi connectivity index (χ4n) is 3.75. The predicted octanol–water partition coefficient (Wildman–Crippen LogP) is 3.21. The molecule has 1 saturated heterocycles. The Labute approximate surface area is 178 Å². The molecule has 160 valence electrons. The van der Waals surface area contributed by atoms with Crippen molar-refractivity contribution in [1.82, 2.24) is 20.4 Å². The number of hydrogen-bond donors (Lipinski definition) is 1. The number of aromatic nitrogens is 2. The van der Waals surface area contributed by atoms with Crippen LogP contribution in [0.3, 0.4) is 0 Å². The van der Waals surface area contributed by atoms with E-state index in [1.54, 1.807) is 11.1 Å². The van der Waals surface area contributed by atoms with Gasteiger partial charge in [-0.2, -0.15) is 10.2 Å². The molecule has 3 rings (SSSR count). The van der Waals surface area contributed by atoms with Gasteiger partial charge in [0.25, 0.3) is 0 Å². The number of amides is 2. The van der Waals surface area contributed by atoms with Crippen LogP contribution < -0.4 is 10.2 Å². The number of aryl methyl sites for hydroxylation is 1. The Morgan fingerprint density at radius 1 is 1.23 bits per heavy atom. The zero-order valence-electron chi connectivity index (χ0n) is 18.3. The van der Waals surface area contributed by atoms with Gasteiger partial charge in [0.2, 0.25) is 12.3 Å². The zero-order valence-corrected chi connectivity index (χ0v) is 18.3. The van der Waals surface area contributed by atoms with Crippen molar-refractivity contribution in [2.75, 3.05) is 18.0 Å². The van der Waals surface area contributed by atoms with Gasteiger partial charge < -0.3 is 5.32 Å². The van der Waals surface area contributed by atoms with Gasteiger partial charge in [-0.15, -0.1) is 0 Å². The summed E-state index contributed by atoms with van der Waals surface area (Å²) >= 11 is 0. The molecule has 0 spiro atoms. The molecule has 1 aliphatic rings. The third-order valence-electron chi connectivity index (χ3n) is 5.20. The van der Waals surface area contributed by atoms with Crippen LogP contribution in [0, 0.1) is 12.8 Å². The van der Waals surface area contributed by atoms with Gasteiger partial charge in [0.1, 0.15) is 0 Å². The number of piperidine rings is 1. The van der Waals surface area contributed by atoms with Crippen molar-refractivity contribution in [3.63, 3.8) is 0 Å². The summed E-state index contributed by atoms with van der Waals surface area (Å²) in [4.78, 5) is 28.1. The quantitative estimate of drug-likeness (QED) is 0.741. The van der Waals surface area contributed by atoms with E-state index in [0.29, 0.717) is 5.69 Å². The lowest BCUT2D eigenvalue weighted by atomic mass is 9.94. The van der Waals surface area contributed by atoms with Crippen LogP contribution in [0.1, 0.15) is 44.9 Å². The van der Waals surface area contributed by atoms with Crippen LogP contribution in [0.2, 0.25) is 0 Å². The van der Waals surface area contributed by atoms with Crippen molar-refractivity contribution in [2.45, 2.75) is 52.6 Å². The topological polar surface area (TPSA) is 78.4 Å². The van der Waals surface area contributed by atoms with Crippen molar-refractivity contribution in [3.8, 4) is 0 Å². The van der Waals surface area contributed by atoms with Crippen molar-refractivity contribution in [3.05, 3.63) is 47.8 Å². The van der Waals surface area contributed by atoms with E-state index in [2.05, 4.69) is 26.5 Å². The van der Waals surface area contributed by atoms with Crippen LogP contribution in [0.5, 0.6) is 0 Å². The molecule has 2 aromatic rings. The second-order valence-corrected chi connectivity index (χ2v) is 8.99. The predicted molar refractivity (Wildman–Crippen MR) is 117 cm³/mol. The summed E-state index contributed by atoms with van der Waals surface area (Å²) in [6, 6.07) is 9.81. The van der Waals surface area contributed by atoms with Crippen LogP contribution in [0.4, 0.5) is 11.4 Å². The highest BCUT2D eigenvalue weighted by molar-refractivity contribution is 5.86. The van der Waals surface area contributed by atoms with Gasteiger partial charge in [-0.1, -0.05) is 12.1 Å². The summed E-state index contributed by atoms with van der Waals surface area (Å²) in [5, 5.41) is 11.0. The number of likely N-dealkylation sites (tertiary alicyclic amines) is 1. The van der Waals surface area contributed by atoms with E-state index >= 15 is 0 Å². The molecule has 1 aromatic carbocycles. The molecular formula is C23H31N5O2. The number of rotatable bonds is 6. The van der Waals surface area contributed by atoms with E-state index in [0.717, 1.165) is 55.8 Å². The summed E-state index contributed by atoms with van der Waals surface area (Å²) in [5.41, 5.74) is 3.20. The molecule has 7 nitrogen and oxygen atoms in total. The lowest BCUT2D eigenvalue weighted by Crippen LogP contribution is -2.46. The monoisotopic (exact) mass is 409 g/mol. The number of carbonyl (C=O) groups excluding carboxylic acids is 2. The first kappa shape index (κ1) is 21.9. The Morgan fingerprint density at radius 2 is 1.97 bits per heavy atom. The number of nitrogens with one attached hydrogen (secondary N) is 1. The standard InChI is InChI=1S/C23H31N5O2/c1-17-12-21(14-24-26-17)28(16-29)20-7-5-6-18(13-20)15-27-10-8-19(9-11-27)22(30)25-23(2,3)4/h5-7,12-14,16,19H,8-11,15H2,1-4H3,(H,25,30). The van der Waals surface area contributed by atoms with Gasteiger partial charge in [-0.05, 0) is 77.4 Å². The maximum absolute atomic E-state index is 12.4. The molecule has 0 saturated carbocycles. The molecule has 0 aliphatic carbocycles. The van der Waals surface area contributed by atoms with Gasteiger partial charge in [0, 0.05) is 23.7 Å². The van der Waals surface area contributed by atoms with Crippen LogP contribution in [-0.4, -0.2) is 46.0 Å². The van der Waals surface area contributed by atoms with E-state index < -0.39 is 0 Å². The minimum atomic E-state index is -0.192. The first-order valence-electron chi connectivity index (χ1n) is 10.4. The van der Waals surface area contributed by atoms with E-state index in [1.807, 2.05) is 52.0 Å². The molecule has 1 N–H and O–H groups in total. The van der Waals surface area contributed by atoms with Crippen molar-refractivity contribution >= 4 is 23.7 Å². The fourth-order valence-corrected chi connectivity index (χ4v) is 3.75. The molecule has 2 heterocycles. The SMILES string of the molecule is Cc1cc(N(C=O)c2cccc(CN3CCC(C(=O)NC(C)(C)C)CC3)c2)cnn1. The summed E-state index contributed by atoms with van der Waals surface area (Å²) in [5.74, 6) is 0.242. The van der Waals surface area contributed by atoms with E-state index in [4.69, 9.17) is 0 Å². The Morgan fingerprint density at radius 3 is 2.60 bits per heavy atom. The molecule has 0 radical (unpaired) electrons. The lowest BCUT2D eigenvalue weighted by molar-refractivity contribution is -0.128. The molecule has 2 amide bonds. The first-order chi connectivity index (χ1) is 14.2. The van der Waals surface area contributed by atoms with E-state index in [1.165, 1.54) is 0 Å². The maximum Gasteiger partial charge on any atom is 0.223 e. The Kier molecular flexibility index (Phi) is 6.82. The molecule has 7 heteroatoms. The highest BCUT2D eigenvalue weighted by Crippen LogP contribution is 2.26. The second-order valence-electron chi connectivity index (χ2n) is 8.99. The van der Waals surface area contributed by atoms with Crippen molar-refractivity contribution in [1.29, 1.82) is 0 Å². The average molecular weight is 410 g/mol. The first-order valence-corrected chi connectivity index (χ1v) is 10.4. The summed E-state index contributed by atoms with van der Waals surface area (Å²) in [7, 11) is 0. The van der Waals surface area contributed by atoms with Gasteiger partial charge in [-0.25, -0.2) is 0 Å². The number of anilines is 2. The molecule has 1 fully saturated rings. The fraction of sp³-hybridized carbons (Fsp3) is 0.478. The normalized spacial score (nSPS) is 15.6. The van der Waals surface area contributed by atoms with Crippen LogP contribution in [0.25, 0.3) is 0 Å². The number of benzene rings is 1. The van der Waals surface area contributed by atoms with Crippen molar-refractivity contribution in [2.24, 2.45) is 5.92 Å². The number of nitrogens with zero attached hydrogens (tertiary/aromatic N) is 4. The Bertz CT molecular complexity index is 885. The Balaban J connectivity index is 1.62. The van der Waals surface area contributed by atoms with Crippen molar-refractivity contribution < 1.29 is 9.59 Å². The molecule has 1 aliphatic heterocycles. The number of hydrogen-bond acceptors (Lipinski definition) is 5. The van der Waals surface area contributed by atoms with Gasteiger partial charge in [0.15, 0.2) is 0 Å². The molecular weight excluding hydrogens is 378 g/mol. The Hall–Kier alpha value is -2.80. The highest BCUT2D eigenvalue weighted by atomic mass is 16.2. The molecule has 0 bridgehead atoms. The lowest BCUT2D eigenvalue weighted by Gasteiger charge is -2.33. The largest absolute Gasteiger partial charge is 0.351 e. The molecule has 1 aromatic heterocycles. The summed E-state index contributed by atoms with van der Waals surface area (Å²) in [6.45, 7) is 10.5.